The summed E-state index contributed by atoms with van der Waals surface area (Å²) in [7, 11) is 0. The average Bonchev–Trinajstić information content (AvgIpc) is 3.25. The number of nitrogens with zero attached hydrogens (tertiary/aromatic N) is 3. The lowest BCUT2D eigenvalue weighted by Crippen LogP contribution is -2.40. The van der Waals surface area contributed by atoms with Crippen molar-refractivity contribution in [2.75, 3.05) is 13.1 Å². The third-order valence-corrected chi connectivity index (χ3v) is 7.07. The van der Waals surface area contributed by atoms with E-state index in [4.69, 9.17) is 4.98 Å². The first-order chi connectivity index (χ1) is 15.1. The number of para-hydroxylation sites is 1. The standard InChI is InChI=1S/C23H22N4O3S/c28-20(11-13-27-23(30)17-8-2-1-7-16(17)21(29)25-27)26-12-5-6-15(14-26)22-24-18-9-3-4-10-19(18)31-22/h1-4,7-10,15H,5-6,11-14H2,(H,25,29). The molecule has 0 saturated carbocycles. The summed E-state index contributed by atoms with van der Waals surface area (Å²) in [5.41, 5.74) is 0.399. The highest BCUT2D eigenvalue weighted by Crippen LogP contribution is 2.33. The van der Waals surface area contributed by atoms with Crippen molar-refractivity contribution < 1.29 is 4.79 Å². The molecule has 1 aliphatic rings. The number of piperidine rings is 1. The second-order valence-electron chi connectivity index (χ2n) is 7.89. The first-order valence-corrected chi connectivity index (χ1v) is 11.3. The first kappa shape index (κ1) is 19.7. The number of carbonyl (C=O) groups excluding carboxylic acids is 1. The van der Waals surface area contributed by atoms with Gasteiger partial charge in [0, 0.05) is 25.4 Å². The van der Waals surface area contributed by atoms with Gasteiger partial charge in [0.15, 0.2) is 0 Å². The number of aromatic amines is 1. The van der Waals surface area contributed by atoms with Crippen LogP contribution in [-0.4, -0.2) is 38.7 Å². The van der Waals surface area contributed by atoms with Crippen molar-refractivity contribution in [1.82, 2.24) is 19.7 Å². The Morgan fingerprint density at radius 3 is 2.71 bits per heavy atom. The molecule has 2 aromatic heterocycles. The Labute approximate surface area is 181 Å². The van der Waals surface area contributed by atoms with E-state index >= 15 is 0 Å². The Hall–Kier alpha value is -3.26. The molecule has 1 aliphatic heterocycles. The number of thiazole rings is 1. The number of amides is 1. The summed E-state index contributed by atoms with van der Waals surface area (Å²) < 4.78 is 2.41. The van der Waals surface area contributed by atoms with Gasteiger partial charge in [-0.2, -0.15) is 0 Å². The van der Waals surface area contributed by atoms with E-state index in [1.165, 1.54) is 9.38 Å². The maximum absolute atomic E-state index is 12.9. The summed E-state index contributed by atoms with van der Waals surface area (Å²) in [4.78, 5) is 44.4. The molecule has 0 spiro atoms. The summed E-state index contributed by atoms with van der Waals surface area (Å²) >= 11 is 1.70. The lowest BCUT2D eigenvalue weighted by molar-refractivity contribution is -0.132. The van der Waals surface area contributed by atoms with Crippen LogP contribution in [0.1, 0.15) is 30.2 Å². The number of aryl methyl sites for hydroxylation is 1. The number of likely N-dealkylation sites (tertiary alicyclic amines) is 1. The van der Waals surface area contributed by atoms with Crippen molar-refractivity contribution in [3.63, 3.8) is 0 Å². The lowest BCUT2D eigenvalue weighted by Gasteiger charge is -2.32. The monoisotopic (exact) mass is 434 g/mol. The van der Waals surface area contributed by atoms with Crippen molar-refractivity contribution in [3.8, 4) is 0 Å². The van der Waals surface area contributed by atoms with Gasteiger partial charge in [0.1, 0.15) is 0 Å². The molecule has 2 aromatic carbocycles. The van der Waals surface area contributed by atoms with Crippen LogP contribution in [0.4, 0.5) is 0 Å². The Morgan fingerprint density at radius 1 is 1.10 bits per heavy atom. The Kier molecular flexibility index (Phi) is 5.15. The third kappa shape index (κ3) is 3.79. The van der Waals surface area contributed by atoms with Gasteiger partial charge in [-0.25, -0.2) is 9.67 Å². The molecule has 1 unspecified atom stereocenters. The normalized spacial score (nSPS) is 16.8. The van der Waals surface area contributed by atoms with Gasteiger partial charge in [-0.3, -0.25) is 19.5 Å². The van der Waals surface area contributed by atoms with E-state index in [9.17, 15) is 14.4 Å². The number of H-pyrrole nitrogens is 1. The zero-order valence-corrected chi connectivity index (χ0v) is 17.7. The molecule has 1 N–H and O–H groups in total. The Bertz CT molecular complexity index is 1350. The van der Waals surface area contributed by atoms with Gasteiger partial charge in [-0.05, 0) is 37.1 Å². The van der Waals surface area contributed by atoms with Gasteiger partial charge >= 0.3 is 0 Å². The van der Waals surface area contributed by atoms with E-state index in [1.807, 2.05) is 23.1 Å². The summed E-state index contributed by atoms with van der Waals surface area (Å²) in [5, 5.41) is 4.41. The van der Waals surface area contributed by atoms with Crippen LogP contribution in [0.25, 0.3) is 21.0 Å². The maximum Gasteiger partial charge on any atom is 0.273 e. The number of fused-ring (bicyclic) bond motifs is 2. The smallest absolute Gasteiger partial charge is 0.273 e. The van der Waals surface area contributed by atoms with Crippen molar-refractivity contribution in [2.24, 2.45) is 0 Å². The number of hydrogen-bond acceptors (Lipinski definition) is 5. The van der Waals surface area contributed by atoms with Crippen LogP contribution in [-0.2, 0) is 11.3 Å². The minimum atomic E-state index is -0.323. The summed E-state index contributed by atoms with van der Waals surface area (Å²) in [6.45, 7) is 1.51. The molecular weight excluding hydrogens is 412 g/mol. The van der Waals surface area contributed by atoms with Crippen molar-refractivity contribution in [3.05, 3.63) is 74.2 Å². The van der Waals surface area contributed by atoms with Crippen LogP contribution in [0.15, 0.2) is 58.1 Å². The van der Waals surface area contributed by atoms with E-state index in [0.29, 0.717) is 23.9 Å². The van der Waals surface area contributed by atoms with E-state index in [0.717, 1.165) is 23.4 Å². The van der Waals surface area contributed by atoms with E-state index in [2.05, 4.69) is 11.2 Å². The average molecular weight is 435 g/mol. The van der Waals surface area contributed by atoms with E-state index < -0.39 is 0 Å². The SMILES string of the molecule is O=C(CCn1[nH]c(=O)c2ccccc2c1=O)N1CCCC(c2nc3ccccc3s2)C1. The summed E-state index contributed by atoms with van der Waals surface area (Å²) in [6, 6.07) is 14.8. The van der Waals surface area contributed by atoms with Crippen molar-refractivity contribution in [2.45, 2.75) is 31.7 Å². The number of nitrogens with one attached hydrogen (secondary N) is 1. The van der Waals surface area contributed by atoms with Gasteiger partial charge in [-0.15, -0.1) is 11.3 Å². The van der Waals surface area contributed by atoms with Crippen molar-refractivity contribution >= 4 is 38.2 Å². The molecule has 8 heteroatoms. The molecule has 4 aromatic rings. The maximum atomic E-state index is 12.9. The molecule has 31 heavy (non-hydrogen) atoms. The molecule has 0 aliphatic carbocycles. The molecule has 0 radical (unpaired) electrons. The summed E-state index contributed by atoms with van der Waals surface area (Å²) in [5.74, 6) is 0.227. The Balaban J connectivity index is 1.29. The van der Waals surface area contributed by atoms with Gasteiger partial charge < -0.3 is 4.90 Å². The van der Waals surface area contributed by atoms with Gasteiger partial charge in [-0.1, -0.05) is 24.3 Å². The number of carbonyl (C=O) groups is 1. The topological polar surface area (TPSA) is 88.1 Å². The second-order valence-corrected chi connectivity index (χ2v) is 8.95. The lowest BCUT2D eigenvalue weighted by atomic mass is 9.98. The minimum Gasteiger partial charge on any atom is -0.342 e. The van der Waals surface area contributed by atoms with E-state index in [1.54, 1.807) is 35.6 Å². The zero-order chi connectivity index (χ0) is 21.4. The Morgan fingerprint density at radius 2 is 1.87 bits per heavy atom. The zero-order valence-electron chi connectivity index (χ0n) is 16.9. The van der Waals surface area contributed by atoms with Crippen LogP contribution in [0.2, 0.25) is 0 Å². The molecule has 3 heterocycles. The number of hydrogen-bond donors (Lipinski definition) is 1. The van der Waals surface area contributed by atoms with Crippen LogP contribution >= 0.6 is 11.3 Å². The molecule has 1 saturated heterocycles. The van der Waals surface area contributed by atoms with E-state index in [-0.39, 0.29) is 35.9 Å². The predicted molar refractivity (Wildman–Crippen MR) is 122 cm³/mol. The molecule has 0 bridgehead atoms. The fourth-order valence-corrected chi connectivity index (χ4v) is 5.33. The highest BCUT2D eigenvalue weighted by molar-refractivity contribution is 7.18. The fraction of sp³-hybridized carbons (Fsp3) is 0.304. The molecular formula is C23H22N4O3S. The highest BCUT2D eigenvalue weighted by atomic mass is 32.1. The molecule has 5 rings (SSSR count). The van der Waals surface area contributed by atoms with Crippen LogP contribution in [0.3, 0.4) is 0 Å². The molecule has 1 atom stereocenters. The number of rotatable bonds is 4. The van der Waals surface area contributed by atoms with Crippen LogP contribution < -0.4 is 11.1 Å². The third-order valence-electron chi connectivity index (χ3n) is 5.87. The largest absolute Gasteiger partial charge is 0.342 e. The van der Waals surface area contributed by atoms with Gasteiger partial charge in [0.25, 0.3) is 11.1 Å². The van der Waals surface area contributed by atoms with Gasteiger partial charge in [0.2, 0.25) is 5.91 Å². The molecule has 1 amide bonds. The molecule has 158 valence electrons. The van der Waals surface area contributed by atoms with Crippen molar-refractivity contribution in [1.29, 1.82) is 0 Å². The quantitative estimate of drug-likeness (QED) is 0.535. The number of aromatic nitrogens is 3. The highest BCUT2D eigenvalue weighted by Gasteiger charge is 2.27. The number of benzene rings is 2. The molecule has 1 fully saturated rings. The van der Waals surface area contributed by atoms with Crippen LogP contribution in [0, 0.1) is 0 Å². The molecule has 7 nitrogen and oxygen atoms in total. The van der Waals surface area contributed by atoms with Crippen LogP contribution in [0.5, 0.6) is 0 Å². The fourth-order valence-electron chi connectivity index (χ4n) is 4.24. The van der Waals surface area contributed by atoms with Gasteiger partial charge in [0.05, 0.1) is 32.5 Å². The second kappa shape index (κ2) is 8.11. The minimum absolute atomic E-state index is 0.00767. The predicted octanol–water partition coefficient (Wildman–Crippen LogP) is 3.10. The first-order valence-electron chi connectivity index (χ1n) is 10.5. The summed E-state index contributed by atoms with van der Waals surface area (Å²) in [6.07, 6.45) is 2.11.